The smallest absolute Gasteiger partial charge is 0.268 e. The van der Waals surface area contributed by atoms with E-state index in [-0.39, 0.29) is 5.56 Å². The lowest BCUT2D eigenvalue weighted by atomic mass is 10.1. The Balaban J connectivity index is 1.95. The van der Waals surface area contributed by atoms with Crippen molar-refractivity contribution >= 4 is 21.6 Å². The second-order valence-corrected chi connectivity index (χ2v) is 6.09. The molecule has 3 nitrogen and oxygen atoms in total. The molecule has 4 heteroatoms. The summed E-state index contributed by atoms with van der Waals surface area (Å²) in [4.78, 5) is 16.7. The maximum Gasteiger partial charge on any atom is 0.268 e. The summed E-state index contributed by atoms with van der Waals surface area (Å²) in [6.45, 7) is 4.76. The number of hydrogen-bond donors (Lipinski definition) is 0. The van der Waals surface area contributed by atoms with Crippen molar-refractivity contribution in [3.05, 3.63) is 63.7 Å². The minimum atomic E-state index is 0.124. The van der Waals surface area contributed by atoms with E-state index >= 15 is 0 Å². The third kappa shape index (κ3) is 2.39. The van der Waals surface area contributed by atoms with Crippen LogP contribution in [0.5, 0.6) is 0 Å². The van der Waals surface area contributed by atoms with Crippen molar-refractivity contribution < 1.29 is 0 Å². The number of nitrogens with zero attached hydrogens (tertiary/aromatic N) is 2. The van der Waals surface area contributed by atoms with Crippen molar-refractivity contribution in [2.24, 2.45) is 0 Å². The molecule has 0 bridgehead atoms. The minimum absolute atomic E-state index is 0.124. The van der Waals surface area contributed by atoms with E-state index in [0.29, 0.717) is 6.54 Å². The van der Waals surface area contributed by atoms with Crippen molar-refractivity contribution in [1.82, 2.24) is 8.94 Å². The third-order valence-corrected chi connectivity index (χ3v) is 4.48. The summed E-state index contributed by atoms with van der Waals surface area (Å²) in [7, 11) is 0. The Morgan fingerprint density at radius 1 is 1.25 bits per heavy atom. The van der Waals surface area contributed by atoms with Crippen molar-refractivity contribution in [2.75, 3.05) is 0 Å². The van der Waals surface area contributed by atoms with Gasteiger partial charge < -0.3 is 0 Å². The molecule has 0 saturated heterocycles. The van der Waals surface area contributed by atoms with Crippen LogP contribution in [0, 0.1) is 13.8 Å². The number of fused-ring (bicyclic) bond motifs is 1. The van der Waals surface area contributed by atoms with E-state index in [0.717, 1.165) is 27.8 Å². The Kier molecular flexibility index (Phi) is 3.40. The van der Waals surface area contributed by atoms with Crippen LogP contribution in [-0.2, 0) is 13.0 Å². The van der Waals surface area contributed by atoms with Crippen molar-refractivity contribution in [2.45, 2.75) is 26.8 Å². The first-order chi connectivity index (χ1) is 9.65. The molecule has 0 unspecified atom stereocenters. The number of hydrogen-bond acceptors (Lipinski definition) is 3. The molecular weight excluding hydrogens is 268 g/mol. The highest BCUT2D eigenvalue weighted by molar-refractivity contribution is 7.13. The van der Waals surface area contributed by atoms with E-state index in [2.05, 4.69) is 24.0 Å². The summed E-state index contributed by atoms with van der Waals surface area (Å²) in [5, 5.41) is 0.863. The maximum atomic E-state index is 12.4. The summed E-state index contributed by atoms with van der Waals surface area (Å²) in [6, 6.07) is 10.0. The zero-order chi connectivity index (χ0) is 14.1. The predicted octanol–water partition coefficient (Wildman–Crippen LogP) is 3.32. The molecule has 1 aromatic carbocycles. The van der Waals surface area contributed by atoms with Gasteiger partial charge in [-0.2, -0.15) is 0 Å². The first kappa shape index (κ1) is 13.1. The van der Waals surface area contributed by atoms with E-state index in [1.54, 1.807) is 17.7 Å². The topological polar surface area (TPSA) is 34.9 Å². The van der Waals surface area contributed by atoms with Crippen LogP contribution in [0.25, 0.3) is 10.1 Å². The molecule has 0 saturated carbocycles. The molecule has 2 heterocycles. The fraction of sp³-hybridized carbons (Fsp3) is 0.250. The lowest BCUT2D eigenvalue weighted by Gasteiger charge is -1.99. The number of rotatable bonds is 3. The molecule has 3 aromatic rings. The Labute approximate surface area is 121 Å². The zero-order valence-corrected chi connectivity index (χ0v) is 12.4. The molecule has 0 N–H and O–H groups in total. The molecule has 0 fully saturated rings. The van der Waals surface area contributed by atoms with E-state index in [1.807, 2.05) is 29.1 Å². The summed E-state index contributed by atoms with van der Waals surface area (Å²) >= 11 is 1.55. The SMILES string of the molecule is Cc1cc(C)c2c(=O)n(CCc3ccccn3)sc2c1. The van der Waals surface area contributed by atoms with Crippen LogP contribution in [0.15, 0.2) is 41.3 Å². The van der Waals surface area contributed by atoms with Gasteiger partial charge in [-0.15, -0.1) is 0 Å². The fourth-order valence-electron chi connectivity index (χ4n) is 2.47. The molecule has 2 aromatic heterocycles. The summed E-state index contributed by atoms with van der Waals surface area (Å²) in [6.07, 6.45) is 2.57. The highest BCUT2D eigenvalue weighted by Gasteiger charge is 2.10. The first-order valence-corrected chi connectivity index (χ1v) is 7.43. The Morgan fingerprint density at radius 3 is 2.85 bits per heavy atom. The largest absolute Gasteiger partial charge is 0.268 e. The summed E-state index contributed by atoms with van der Waals surface area (Å²) in [5.41, 5.74) is 3.41. The lowest BCUT2D eigenvalue weighted by Crippen LogP contribution is -2.15. The van der Waals surface area contributed by atoms with Crippen molar-refractivity contribution in [3.63, 3.8) is 0 Å². The van der Waals surface area contributed by atoms with Crippen LogP contribution in [0.4, 0.5) is 0 Å². The zero-order valence-electron chi connectivity index (χ0n) is 11.6. The second-order valence-electron chi connectivity index (χ2n) is 5.02. The molecule has 0 spiro atoms. The Morgan fingerprint density at radius 2 is 2.10 bits per heavy atom. The van der Waals surface area contributed by atoms with Crippen LogP contribution in [0.2, 0.25) is 0 Å². The van der Waals surface area contributed by atoms with Crippen LogP contribution in [0.3, 0.4) is 0 Å². The fourth-order valence-corrected chi connectivity index (χ4v) is 3.64. The molecule has 0 radical (unpaired) electrons. The molecular formula is C16H16N2OS. The first-order valence-electron chi connectivity index (χ1n) is 6.66. The molecule has 0 aliphatic heterocycles. The average molecular weight is 284 g/mol. The lowest BCUT2D eigenvalue weighted by molar-refractivity contribution is 0.723. The minimum Gasteiger partial charge on any atom is -0.268 e. The van der Waals surface area contributed by atoms with E-state index in [4.69, 9.17) is 0 Å². The quantitative estimate of drug-likeness (QED) is 0.739. The second kappa shape index (κ2) is 5.21. The van der Waals surface area contributed by atoms with Gasteiger partial charge in [-0.3, -0.25) is 13.7 Å². The maximum absolute atomic E-state index is 12.4. The van der Waals surface area contributed by atoms with Gasteiger partial charge in [-0.25, -0.2) is 0 Å². The van der Waals surface area contributed by atoms with Gasteiger partial charge in [0.05, 0.1) is 10.1 Å². The van der Waals surface area contributed by atoms with Gasteiger partial charge in [-0.1, -0.05) is 23.7 Å². The van der Waals surface area contributed by atoms with Gasteiger partial charge in [0.15, 0.2) is 0 Å². The highest BCUT2D eigenvalue weighted by atomic mass is 32.1. The molecule has 3 rings (SSSR count). The van der Waals surface area contributed by atoms with Crippen LogP contribution >= 0.6 is 11.5 Å². The number of aromatic nitrogens is 2. The molecule has 20 heavy (non-hydrogen) atoms. The average Bonchev–Trinajstić information content (AvgIpc) is 2.74. The predicted molar refractivity (Wildman–Crippen MR) is 83.5 cm³/mol. The Hall–Kier alpha value is -1.94. The molecule has 102 valence electrons. The molecule has 0 amide bonds. The number of benzene rings is 1. The third-order valence-electron chi connectivity index (χ3n) is 3.39. The summed E-state index contributed by atoms with van der Waals surface area (Å²) < 4.78 is 2.92. The van der Waals surface area contributed by atoms with Crippen LogP contribution in [0.1, 0.15) is 16.8 Å². The monoisotopic (exact) mass is 284 g/mol. The van der Waals surface area contributed by atoms with Gasteiger partial charge in [-0.05, 0) is 43.2 Å². The highest BCUT2D eigenvalue weighted by Crippen LogP contribution is 2.22. The molecule has 0 aliphatic carbocycles. The van der Waals surface area contributed by atoms with Crippen molar-refractivity contribution in [3.8, 4) is 0 Å². The van der Waals surface area contributed by atoms with E-state index in [1.165, 1.54) is 5.56 Å². The van der Waals surface area contributed by atoms with E-state index < -0.39 is 0 Å². The van der Waals surface area contributed by atoms with Crippen molar-refractivity contribution in [1.29, 1.82) is 0 Å². The van der Waals surface area contributed by atoms with Gasteiger partial charge in [0.2, 0.25) is 0 Å². The standard InChI is InChI=1S/C16H16N2OS/c1-11-9-12(2)15-14(10-11)20-18(16(15)19)8-6-13-5-3-4-7-17-13/h3-5,7,9-10H,6,8H2,1-2H3. The summed E-state index contributed by atoms with van der Waals surface area (Å²) in [5.74, 6) is 0. The van der Waals surface area contributed by atoms with Crippen LogP contribution in [-0.4, -0.2) is 8.94 Å². The van der Waals surface area contributed by atoms with Gasteiger partial charge >= 0.3 is 0 Å². The van der Waals surface area contributed by atoms with Gasteiger partial charge in [0.1, 0.15) is 0 Å². The van der Waals surface area contributed by atoms with Crippen LogP contribution < -0.4 is 5.56 Å². The number of aryl methyl sites for hydroxylation is 4. The molecule has 0 atom stereocenters. The molecule has 0 aliphatic rings. The van der Waals surface area contributed by atoms with Gasteiger partial charge in [0.25, 0.3) is 5.56 Å². The number of pyridine rings is 1. The Bertz CT molecular complexity index is 802. The van der Waals surface area contributed by atoms with E-state index in [9.17, 15) is 4.79 Å². The normalized spacial score (nSPS) is 11.1. The van der Waals surface area contributed by atoms with Gasteiger partial charge in [0, 0.05) is 24.9 Å².